The molecule has 0 saturated heterocycles. The Morgan fingerprint density at radius 3 is 2.42 bits per heavy atom. The molecule has 0 amide bonds. The van der Waals surface area contributed by atoms with Crippen molar-refractivity contribution in [3.05, 3.63) is 17.7 Å². The van der Waals surface area contributed by atoms with E-state index in [0.717, 1.165) is 6.54 Å². The van der Waals surface area contributed by atoms with Crippen molar-refractivity contribution in [3.63, 3.8) is 0 Å². The Labute approximate surface area is 119 Å². The van der Waals surface area contributed by atoms with Crippen molar-refractivity contribution in [1.82, 2.24) is 9.55 Å². The highest BCUT2D eigenvalue weighted by Gasteiger charge is 2.29. The largest absolute Gasteiger partial charge is 0.334 e. The topological polar surface area (TPSA) is 17.8 Å². The third-order valence-corrected chi connectivity index (χ3v) is 4.21. The maximum Gasteiger partial charge on any atom is 0.0951 e. The number of unbranched alkanes of at least 4 members (excludes halogenated alkanes) is 1. The summed E-state index contributed by atoms with van der Waals surface area (Å²) in [6, 6.07) is 0. The van der Waals surface area contributed by atoms with E-state index in [9.17, 15) is 0 Å². The highest BCUT2D eigenvalue weighted by atomic mass is 15.1. The van der Waals surface area contributed by atoms with E-state index in [1.807, 2.05) is 0 Å². The first kappa shape index (κ1) is 16.3. The van der Waals surface area contributed by atoms with E-state index in [4.69, 9.17) is 4.98 Å². The van der Waals surface area contributed by atoms with Crippen LogP contribution in [0.25, 0.3) is 0 Å². The highest BCUT2D eigenvalue weighted by molar-refractivity contribution is 5.25. The zero-order valence-electron chi connectivity index (χ0n) is 13.8. The van der Waals surface area contributed by atoms with Gasteiger partial charge in [0.1, 0.15) is 0 Å². The molecule has 1 heterocycles. The van der Waals surface area contributed by atoms with Crippen LogP contribution < -0.4 is 0 Å². The van der Waals surface area contributed by atoms with E-state index in [1.165, 1.54) is 43.5 Å². The Hall–Kier alpha value is -0.790. The van der Waals surface area contributed by atoms with Gasteiger partial charge in [0.15, 0.2) is 0 Å². The van der Waals surface area contributed by atoms with Crippen LogP contribution in [0.2, 0.25) is 0 Å². The smallest absolute Gasteiger partial charge is 0.0951 e. The predicted octanol–water partition coefficient (Wildman–Crippen LogP) is 5.27. The average Bonchev–Trinajstić information content (AvgIpc) is 2.80. The summed E-state index contributed by atoms with van der Waals surface area (Å²) in [6.45, 7) is 15.0. The molecule has 19 heavy (non-hydrogen) atoms. The van der Waals surface area contributed by atoms with Crippen LogP contribution in [-0.4, -0.2) is 9.55 Å². The van der Waals surface area contributed by atoms with Crippen molar-refractivity contribution in [2.75, 3.05) is 0 Å². The summed E-state index contributed by atoms with van der Waals surface area (Å²) in [7, 11) is 0. The summed E-state index contributed by atoms with van der Waals surface area (Å²) in [4.78, 5) is 4.75. The Bertz CT molecular complexity index is 377. The molecule has 0 aliphatic heterocycles. The van der Waals surface area contributed by atoms with Crippen LogP contribution in [0, 0.1) is 0 Å². The summed E-state index contributed by atoms with van der Waals surface area (Å²) in [5.41, 5.74) is 3.05. The first-order valence-electron chi connectivity index (χ1n) is 8.03. The van der Waals surface area contributed by atoms with Crippen LogP contribution in [0.5, 0.6) is 0 Å². The van der Waals surface area contributed by atoms with Gasteiger partial charge >= 0.3 is 0 Å². The maximum atomic E-state index is 4.75. The minimum absolute atomic E-state index is 0.234. The van der Waals surface area contributed by atoms with Gasteiger partial charge < -0.3 is 4.57 Å². The second kappa shape index (κ2) is 7.12. The molecule has 2 heteroatoms. The third-order valence-electron chi connectivity index (χ3n) is 4.21. The van der Waals surface area contributed by atoms with Crippen LogP contribution in [-0.2, 0) is 12.0 Å². The van der Waals surface area contributed by atoms with E-state index >= 15 is 0 Å². The molecule has 0 N–H and O–H groups in total. The van der Waals surface area contributed by atoms with Gasteiger partial charge in [0, 0.05) is 17.7 Å². The van der Waals surface area contributed by atoms with Crippen molar-refractivity contribution < 1.29 is 0 Å². The summed E-state index contributed by atoms with van der Waals surface area (Å²) < 4.78 is 2.42. The Morgan fingerprint density at radius 2 is 1.89 bits per heavy atom. The molecule has 1 atom stereocenters. The van der Waals surface area contributed by atoms with Gasteiger partial charge in [-0.15, -0.1) is 0 Å². The molecule has 2 nitrogen and oxygen atoms in total. The Balaban J connectivity index is 3.16. The first-order chi connectivity index (χ1) is 8.97. The van der Waals surface area contributed by atoms with E-state index in [2.05, 4.69) is 52.4 Å². The molecule has 1 aromatic heterocycles. The minimum Gasteiger partial charge on any atom is -0.334 e. The van der Waals surface area contributed by atoms with Gasteiger partial charge in [-0.05, 0) is 25.2 Å². The summed E-state index contributed by atoms with van der Waals surface area (Å²) in [5.74, 6) is 0.564. The van der Waals surface area contributed by atoms with Crippen molar-refractivity contribution in [3.8, 4) is 0 Å². The fraction of sp³-hybridized carbons (Fsp3) is 0.824. The van der Waals surface area contributed by atoms with Crippen LogP contribution >= 0.6 is 0 Å². The zero-order chi connectivity index (χ0) is 14.5. The molecule has 110 valence electrons. The van der Waals surface area contributed by atoms with Crippen LogP contribution in [0.1, 0.15) is 91.0 Å². The molecular formula is C17H32N2. The number of imidazole rings is 1. The van der Waals surface area contributed by atoms with E-state index in [1.54, 1.807) is 0 Å². The molecule has 0 spiro atoms. The van der Waals surface area contributed by atoms with E-state index in [0.29, 0.717) is 5.92 Å². The first-order valence-corrected chi connectivity index (χ1v) is 8.03. The molecule has 0 aromatic carbocycles. The zero-order valence-corrected chi connectivity index (χ0v) is 13.8. The average molecular weight is 264 g/mol. The van der Waals surface area contributed by atoms with Gasteiger partial charge in [0.2, 0.25) is 0 Å². The van der Waals surface area contributed by atoms with Crippen molar-refractivity contribution in [2.24, 2.45) is 0 Å². The number of aromatic nitrogens is 2. The number of rotatable bonds is 8. The lowest BCUT2D eigenvalue weighted by molar-refractivity contribution is 0.422. The highest BCUT2D eigenvalue weighted by Crippen LogP contribution is 2.35. The monoisotopic (exact) mass is 264 g/mol. The molecule has 1 unspecified atom stereocenters. The summed E-state index contributed by atoms with van der Waals surface area (Å²) >= 11 is 0. The molecule has 1 rings (SSSR count). The van der Waals surface area contributed by atoms with Crippen molar-refractivity contribution >= 4 is 0 Å². The number of hydrogen-bond donors (Lipinski definition) is 0. The fourth-order valence-corrected chi connectivity index (χ4v) is 2.93. The van der Waals surface area contributed by atoms with Gasteiger partial charge in [-0.2, -0.15) is 0 Å². The lowest BCUT2D eigenvalue weighted by Crippen LogP contribution is -2.24. The quantitative estimate of drug-likeness (QED) is 0.625. The fourth-order valence-electron chi connectivity index (χ4n) is 2.93. The Morgan fingerprint density at radius 1 is 1.21 bits per heavy atom. The molecule has 0 fully saturated rings. The van der Waals surface area contributed by atoms with Crippen LogP contribution in [0.3, 0.4) is 0 Å². The molecule has 0 aliphatic carbocycles. The van der Waals surface area contributed by atoms with Crippen LogP contribution in [0.4, 0.5) is 0 Å². The standard InChI is InChI=1S/C17H32N2/c1-7-10-12-19-13-18-15(14(4)9-3)16(19)17(5,6)11-8-2/h13-14H,7-12H2,1-6H3. The minimum atomic E-state index is 0.234. The van der Waals surface area contributed by atoms with Crippen molar-refractivity contribution in [2.45, 2.75) is 91.5 Å². The van der Waals surface area contributed by atoms with E-state index < -0.39 is 0 Å². The normalized spacial score (nSPS) is 13.8. The summed E-state index contributed by atoms with van der Waals surface area (Å²) in [5, 5.41) is 0. The Kier molecular flexibility index (Phi) is 6.09. The predicted molar refractivity (Wildman–Crippen MR) is 83.8 cm³/mol. The van der Waals surface area contributed by atoms with Gasteiger partial charge in [0.05, 0.1) is 12.0 Å². The lowest BCUT2D eigenvalue weighted by atomic mass is 9.81. The molecular weight excluding hydrogens is 232 g/mol. The SMILES string of the molecule is CCCCn1cnc(C(C)CC)c1C(C)(C)CCC. The van der Waals surface area contributed by atoms with Crippen LogP contribution in [0.15, 0.2) is 6.33 Å². The number of aryl methyl sites for hydroxylation is 1. The molecule has 0 radical (unpaired) electrons. The second-order valence-electron chi connectivity index (χ2n) is 6.47. The van der Waals surface area contributed by atoms with E-state index in [-0.39, 0.29) is 5.41 Å². The molecule has 0 aliphatic rings. The van der Waals surface area contributed by atoms with Crippen molar-refractivity contribution in [1.29, 1.82) is 0 Å². The van der Waals surface area contributed by atoms with Gasteiger partial charge in [-0.1, -0.05) is 54.4 Å². The molecule has 0 saturated carbocycles. The van der Waals surface area contributed by atoms with Gasteiger partial charge in [0.25, 0.3) is 0 Å². The van der Waals surface area contributed by atoms with Gasteiger partial charge in [-0.3, -0.25) is 0 Å². The lowest BCUT2D eigenvalue weighted by Gasteiger charge is -2.28. The number of nitrogens with zero attached hydrogens (tertiary/aromatic N) is 2. The van der Waals surface area contributed by atoms with Gasteiger partial charge in [-0.25, -0.2) is 4.98 Å². The number of hydrogen-bond acceptors (Lipinski definition) is 1. The summed E-state index contributed by atoms with van der Waals surface area (Å²) in [6.07, 6.45) is 8.18. The third kappa shape index (κ3) is 3.84. The molecule has 0 bridgehead atoms. The second-order valence-corrected chi connectivity index (χ2v) is 6.47. The molecule has 1 aromatic rings. The maximum absolute atomic E-state index is 4.75.